The van der Waals surface area contributed by atoms with Crippen molar-refractivity contribution in [1.29, 1.82) is 0 Å². The molecule has 8 heteroatoms. The van der Waals surface area contributed by atoms with Gasteiger partial charge in [0.2, 0.25) is 6.29 Å². The quantitative estimate of drug-likeness (QED) is 0.585. The number of hydrogen-bond acceptors (Lipinski definition) is 7. The third-order valence-corrected chi connectivity index (χ3v) is 8.79. The largest absolute Gasteiger partial charge is 0.464 e. The van der Waals surface area contributed by atoms with Crippen molar-refractivity contribution in [2.45, 2.75) is 48.8 Å². The highest BCUT2D eigenvalue weighted by Gasteiger charge is 2.76. The second kappa shape index (κ2) is 8.67. The molecule has 0 aliphatic carbocycles. The van der Waals surface area contributed by atoms with Crippen LogP contribution in [0.25, 0.3) is 6.08 Å². The Balaban J connectivity index is 1.77. The summed E-state index contributed by atoms with van der Waals surface area (Å²) in [6.07, 6.45) is 2.69. The molecular weight excluding hydrogens is 454 g/mol. The van der Waals surface area contributed by atoms with Gasteiger partial charge in [-0.2, -0.15) is 0 Å². The summed E-state index contributed by atoms with van der Waals surface area (Å²) in [4.78, 5) is 29.5. The summed E-state index contributed by atoms with van der Waals surface area (Å²) in [5.74, 6) is -1.95. The van der Waals surface area contributed by atoms with Gasteiger partial charge in [0.05, 0.1) is 29.4 Å². The lowest BCUT2D eigenvalue weighted by atomic mass is 9.83. The van der Waals surface area contributed by atoms with Crippen molar-refractivity contribution in [3.05, 3.63) is 71.4 Å². The highest BCUT2D eigenvalue weighted by molar-refractivity contribution is 7.87. The molecule has 34 heavy (non-hydrogen) atoms. The molecule has 7 nitrogen and oxygen atoms in total. The van der Waals surface area contributed by atoms with E-state index in [1.807, 2.05) is 54.3 Å². The Morgan fingerprint density at radius 3 is 2.56 bits per heavy atom. The summed E-state index contributed by atoms with van der Waals surface area (Å²) in [7, 11) is -1.85. The SMILES string of the molecule is CCOC(=O)[C@@H]1[C@H]2[C@H](OCC)OC(=O)[C@@]2([S@@](=O)c2ccc(C)cc2)[C@H]2c3ccccc3C=CN12. The Kier molecular flexibility index (Phi) is 5.81. The van der Waals surface area contributed by atoms with Gasteiger partial charge >= 0.3 is 11.9 Å². The smallest absolute Gasteiger partial charge is 0.330 e. The van der Waals surface area contributed by atoms with Crippen molar-refractivity contribution in [2.24, 2.45) is 5.92 Å². The van der Waals surface area contributed by atoms with Crippen molar-refractivity contribution in [3.8, 4) is 0 Å². The van der Waals surface area contributed by atoms with Crippen molar-refractivity contribution < 1.29 is 28.0 Å². The summed E-state index contributed by atoms with van der Waals surface area (Å²) in [6, 6.07) is 13.3. The molecule has 0 amide bonds. The van der Waals surface area contributed by atoms with E-state index >= 15 is 0 Å². The molecule has 2 saturated heterocycles. The van der Waals surface area contributed by atoms with Gasteiger partial charge in [0.15, 0.2) is 4.75 Å². The van der Waals surface area contributed by atoms with Crippen LogP contribution in [-0.2, 0) is 34.6 Å². The van der Waals surface area contributed by atoms with Gasteiger partial charge in [0.1, 0.15) is 6.04 Å². The number of carbonyl (C=O) groups excluding carboxylic acids is 2. The maximum atomic E-state index is 14.5. The number of nitrogens with zero attached hydrogens (tertiary/aromatic N) is 1. The fourth-order valence-corrected chi connectivity index (χ4v) is 7.37. The highest BCUT2D eigenvalue weighted by atomic mass is 32.2. The lowest BCUT2D eigenvalue weighted by Crippen LogP contribution is -2.50. The van der Waals surface area contributed by atoms with Gasteiger partial charge in [0, 0.05) is 17.7 Å². The number of benzene rings is 2. The Morgan fingerprint density at radius 1 is 1.12 bits per heavy atom. The maximum absolute atomic E-state index is 14.5. The summed E-state index contributed by atoms with van der Waals surface area (Å²) in [5.41, 5.74) is 2.73. The molecule has 6 atom stereocenters. The number of carbonyl (C=O) groups is 2. The average Bonchev–Trinajstić information content (AvgIpc) is 3.30. The minimum atomic E-state index is -1.85. The third kappa shape index (κ3) is 3.15. The van der Waals surface area contributed by atoms with Crippen LogP contribution in [0.15, 0.2) is 59.6 Å². The number of cyclic esters (lactones) is 1. The first-order valence-corrected chi connectivity index (χ1v) is 12.6. The number of rotatable bonds is 6. The molecule has 0 aromatic heterocycles. The molecule has 2 aromatic carbocycles. The summed E-state index contributed by atoms with van der Waals surface area (Å²) >= 11 is 0. The Morgan fingerprint density at radius 2 is 1.85 bits per heavy atom. The van der Waals surface area contributed by atoms with Crippen LogP contribution >= 0.6 is 0 Å². The van der Waals surface area contributed by atoms with Crippen molar-refractivity contribution in [3.63, 3.8) is 0 Å². The Labute approximate surface area is 201 Å². The van der Waals surface area contributed by atoms with Crippen LogP contribution in [0.2, 0.25) is 0 Å². The van der Waals surface area contributed by atoms with Crippen LogP contribution in [-0.4, -0.2) is 51.3 Å². The molecule has 178 valence electrons. The monoisotopic (exact) mass is 481 g/mol. The average molecular weight is 482 g/mol. The molecule has 0 saturated carbocycles. The van der Waals surface area contributed by atoms with E-state index in [9.17, 15) is 13.8 Å². The zero-order valence-corrected chi connectivity index (χ0v) is 20.1. The summed E-state index contributed by atoms with van der Waals surface area (Å²) in [6.45, 7) is 5.93. The van der Waals surface area contributed by atoms with Crippen LogP contribution < -0.4 is 0 Å². The van der Waals surface area contributed by atoms with E-state index < -0.39 is 51.8 Å². The molecule has 2 fully saturated rings. The van der Waals surface area contributed by atoms with Gasteiger partial charge in [-0.05, 0) is 50.1 Å². The van der Waals surface area contributed by atoms with E-state index in [1.54, 1.807) is 32.2 Å². The number of aryl methyl sites for hydroxylation is 1. The second-order valence-electron chi connectivity index (χ2n) is 8.62. The first-order chi connectivity index (χ1) is 16.4. The summed E-state index contributed by atoms with van der Waals surface area (Å²) in [5, 5.41) is 0. The molecule has 5 rings (SSSR count). The minimum Gasteiger partial charge on any atom is -0.464 e. The van der Waals surface area contributed by atoms with E-state index in [4.69, 9.17) is 14.2 Å². The topological polar surface area (TPSA) is 82.1 Å². The zero-order chi connectivity index (χ0) is 24.0. The third-order valence-electron chi connectivity index (χ3n) is 6.81. The van der Waals surface area contributed by atoms with Crippen molar-refractivity contribution in [1.82, 2.24) is 4.90 Å². The molecule has 0 spiro atoms. The second-order valence-corrected chi connectivity index (χ2v) is 10.3. The zero-order valence-electron chi connectivity index (χ0n) is 19.3. The first kappa shape index (κ1) is 22.8. The van der Waals surface area contributed by atoms with Crippen LogP contribution in [0, 0.1) is 12.8 Å². The Bertz CT molecular complexity index is 1180. The van der Waals surface area contributed by atoms with Gasteiger partial charge in [0.25, 0.3) is 0 Å². The van der Waals surface area contributed by atoms with Gasteiger partial charge < -0.3 is 19.1 Å². The fraction of sp³-hybridized carbons (Fsp3) is 0.385. The molecule has 3 heterocycles. The lowest BCUT2D eigenvalue weighted by molar-refractivity contribution is -0.175. The molecule has 3 aliphatic heterocycles. The van der Waals surface area contributed by atoms with Crippen molar-refractivity contribution in [2.75, 3.05) is 13.2 Å². The molecule has 0 N–H and O–H groups in total. The van der Waals surface area contributed by atoms with Crippen molar-refractivity contribution >= 4 is 28.8 Å². The van der Waals surface area contributed by atoms with Crippen LogP contribution in [0.1, 0.15) is 36.6 Å². The van der Waals surface area contributed by atoms with Gasteiger partial charge in [-0.25, -0.2) is 4.79 Å². The standard InChI is InChI=1S/C26H27NO6S/c1-4-31-23(28)21-20-24(32-5-2)33-25(29)26(20,34(30)18-12-10-16(3)11-13-18)22-19-9-7-6-8-17(19)14-15-27(21)22/h6-15,20-22,24H,4-5H2,1-3H3/t20-,21-,22+,24+,26-,34-/m0/s1. The first-order valence-electron chi connectivity index (χ1n) is 11.5. The predicted octanol–water partition coefficient (Wildman–Crippen LogP) is 3.35. The fourth-order valence-electron chi connectivity index (χ4n) is 5.46. The van der Waals surface area contributed by atoms with E-state index in [0.29, 0.717) is 4.90 Å². The van der Waals surface area contributed by atoms with E-state index in [-0.39, 0.29) is 13.2 Å². The van der Waals surface area contributed by atoms with E-state index in [0.717, 1.165) is 16.7 Å². The van der Waals surface area contributed by atoms with Gasteiger partial charge in [-0.3, -0.25) is 9.00 Å². The van der Waals surface area contributed by atoms with Gasteiger partial charge in [-0.15, -0.1) is 0 Å². The highest BCUT2D eigenvalue weighted by Crippen LogP contribution is 2.60. The summed E-state index contributed by atoms with van der Waals surface area (Å²) < 4.78 is 29.9. The van der Waals surface area contributed by atoms with Crippen LogP contribution in [0.4, 0.5) is 0 Å². The molecule has 2 aromatic rings. The molecular formula is C26H27NO6S. The maximum Gasteiger partial charge on any atom is 0.330 e. The van der Waals surface area contributed by atoms with E-state index in [2.05, 4.69) is 0 Å². The predicted molar refractivity (Wildman–Crippen MR) is 126 cm³/mol. The van der Waals surface area contributed by atoms with Crippen LogP contribution in [0.3, 0.4) is 0 Å². The number of ether oxygens (including phenoxy) is 3. The lowest BCUT2D eigenvalue weighted by Gasteiger charge is -2.37. The van der Waals surface area contributed by atoms with E-state index in [1.165, 1.54) is 0 Å². The number of fused-ring (bicyclic) bond motifs is 5. The Hall–Kier alpha value is -2.97. The normalized spacial score (nSPS) is 29.7. The number of esters is 2. The molecule has 3 aliphatic rings. The minimum absolute atomic E-state index is 0.184. The van der Waals surface area contributed by atoms with Gasteiger partial charge in [-0.1, -0.05) is 42.0 Å². The van der Waals surface area contributed by atoms with Crippen LogP contribution in [0.5, 0.6) is 0 Å². The molecule has 0 radical (unpaired) electrons. The molecule has 0 bridgehead atoms. The molecule has 0 unspecified atom stereocenters. The number of hydrogen-bond donors (Lipinski definition) is 0.